The fourth-order valence-electron chi connectivity index (χ4n) is 2.87. The first-order valence-electron chi connectivity index (χ1n) is 7.90. The molecule has 2 saturated heterocycles. The fraction of sp³-hybridized carbons (Fsp3) is 0.875. The summed E-state index contributed by atoms with van der Waals surface area (Å²) in [5, 5.41) is 19.0. The largest absolute Gasteiger partial charge is 0.396 e. The molecule has 5 nitrogen and oxygen atoms in total. The van der Waals surface area contributed by atoms with E-state index in [0.717, 1.165) is 19.3 Å². The number of hydrogen-bond acceptors (Lipinski definition) is 5. The third kappa shape index (κ3) is 4.50. The van der Waals surface area contributed by atoms with Gasteiger partial charge in [-0.05, 0) is 19.8 Å². The van der Waals surface area contributed by atoms with Gasteiger partial charge >= 0.3 is 0 Å². The number of ether oxygens (including phenoxy) is 3. The second-order valence-corrected chi connectivity index (χ2v) is 5.54. The summed E-state index contributed by atoms with van der Waals surface area (Å²) in [7, 11) is 0. The van der Waals surface area contributed by atoms with Gasteiger partial charge in [0.25, 0.3) is 0 Å². The molecule has 5 atom stereocenters. The van der Waals surface area contributed by atoms with Crippen molar-refractivity contribution in [3.63, 3.8) is 0 Å². The molecule has 0 aromatic carbocycles. The minimum Gasteiger partial charge on any atom is -0.396 e. The van der Waals surface area contributed by atoms with Crippen LogP contribution in [0.5, 0.6) is 0 Å². The molecule has 0 bridgehead atoms. The van der Waals surface area contributed by atoms with Crippen molar-refractivity contribution >= 4 is 0 Å². The molecule has 2 rings (SSSR count). The molecule has 0 aromatic heterocycles. The molecule has 2 aliphatic rings. The molecule has 0 amide bonds. The molecule has 2 N–H and O–H groups in total. The summed E-state index contributed by atoms with van der Waals surface area (Å²) in [5.41, 5.74) is 0. The zero-order valence-electron chi connectivity index (χ0n) is 13.5. The number of fused-ring (bicyclic) bond motifs is 1. The van der Waals surface area contributed by atoms with E-state index < -0.39 is 11.9 Å². The Labute approximate surface area is 127 Å². The summed E-state index contributed by atoms with van der Waals surface area (Å²) in [5.74, 6) is -0.591. The smallest absolute Gasteiger partial charge is 0.169 e. The van der Waals surface area contributed by atoms with Crippen LogP contribution in [0.4, 0.5) is 0 Å². The highest BCUT2D eigenvalue weighted by atomic mass is 16.8. The summed E-state index contributed by atoms with van der Waals surface area (Å²) < 4.78 is 17.6. The summed E-state index contributed by atoms with van der Waals surface area (Å²) in [4.78, 5) is 0. The van der Waals surface area contributed by atoms with Crippen LogP contribution in [0.15, 0.2) is 12.7 Å². The van der Waals surface area contributed by atoms with E-state index in [0.29, 0.717) is 6.42 Å². The molecule has 0 saturated carbocycles. The molecule has 0 aliphatic carbocycles. The first kappa shape index (κ1) is 18.6. The van der Waals surface area contributed by atoms with Crippen molar-refractivity contribution in [2.45, 2.75) is 76.7 Å². The molecule has 2 heterocycles. The van der Waals surface area contributed by atoms with Gasteiger partial charge in [-0.1, -0.05) is 26.3 Å². The van der Waals surface area contributed by atoms with Crippen LogP contribution in [0.2, 0.25) is 0 Å². The van der Waals surface area contributed by atoms with Crippen LogP contribution in [0.3, 0.4) is 0 Å². The van der Waals surface area contributed by atoms with Gasteiger partial charge in [0, 0.05) is 13.0 Å². The summed E-state index contributed by atoms with van der Waals surface area (Å²) in [6, 6.07) is 0. The Balaban J connectivity index is 0.000000677. The van der Waals surface area contributed by atoms with Gasteiger partial charge in [-0.25, -0.2) is 0 Å². The predicted molar refractivity (Wildman–Crippen MR) is 81.0 cm³/mol. The normalized spacial score (nSPS) is 38.3. The third-order valence-electron chi connectivity index (χ3n) is 3.84. The monoisotopic (exact) mass is 302 g/mol. The Kier molecular flexibility index (Phi) is 7.84. The average Bonchev–Trinajstić information content (AvgIpc) is 2.85. The molecular weight excluding hydrogens is 272 g/mol. The second-order valence-electron chi connectivity index (χ2n) is 5.54. The van der Waals surface area contributed by atoms with Gasteiger partial charge in [0.05, 0.1) is 12.7 Å². The maximum Gasteiger partial charge on any atom is 0.169 e. The Hall–Kier alpha value is -0.460. The van der Waals surface area contributed by atoms with Crippen LogP contribution in [0, 0.1) is 0 Å². The third-order valence-corrected chi connectivity index (χ3v) is 3.84. The lowest BCUT2D eigenvalue weighted by Crippen LogP contribution is -2.51. The van der Waals surface area contributed by atoms with E-state index in [9.17, 15) is 5.11 Å². The van der Waals surface area contributed by atoms with E-state index in [2.05, 4.69) is 13.5 Å². The summed E-state index contributed by atoms with van der Waals surface area (Å²) >= 11 is 0. The number of aliphatic hydroxyl groups is 2. The number of allylic oxidation sites excluding steroid dienone is 1. The Morgan fingerprint density at radius 1 is 1.29 bits per heavy atom. The zero-order valence-corrected chi connectivity index (χ0v) is 13.5. The van der Waals surface area contributed by atoms with Crippen molar-refractivity contribution in [1.82, 2.24) is 0 Å². The van der Waals surface area contributed by atoms with Gasteiger partial charge in [0.15, 0.2) is 5.79 Å². The Morgan fingerprint density at radius 2 is 1.90 bits per heavy atom. The van der Waals surface area contributed by atoms with Crippen molar-refractivity contribution < 1.29 is 24.4 Å². The molecule has 2 aliphatic heterocycles. The van der Waals surface area contributed by atoms with Gasteiger partial charge in [-0.2, -0.15) is 0 Å². The fourth-order valence-corrected chi connectivity index (χ4v) is 2.87. The Morgan fingerprint density at radius 3 is 2.43 bits per heavy atom. The van der Waals surface area contributed by atoms with Crippen LogP contribution in [0.1, 0.15) is 46.5 Å². The Bertz CT molecular complexity index is 309. The van der Waals surface area contributed by atoms with Gasteiger partial charge in [0.1, 0.15) is 18.3 Å². The number of hydrogen-bond donors (Lipinski definition) is 2. The zero-order chi connectivity index (χ0) is 15.9. The van der Waals surface area contributed by atoms with Crippen molar-refractivity contribution in [3.05, 3.63) is 12.7 Å². The number of rotatable bonds is 5. The van der Waals surface area contributed by atoms with E-state index in [-0.39, 0.29) is 31.5 Å². The molecule has 2 fully saturated rings. The van der Waals surface area contributed by atoms with Crippen LogP contribution >= 0.6 is 0 Å². The molecule has 0 aromatic rings. The maximum absolute atomic E-state index is 9.97. The minimum absolute atomic E-state index is 0.0558. The molecule has 21 heavy (non-hydrogen) atoms. The predicted octanol–water partition coefficient (Wildman–Crippen LogP) is 2.01. The average molecular weight is 302 g/mol. The summed E-state index contributed by atoms with van der Waals surface area (Å²) in [6.45, 7) is 9.67. The van der Waals surface area contributed by atoms with E-state index in [1.807, 2.05) is 13.8 Å². The van der Waals surface area contributed by atoms with Gasteiger partial charge in [-0.3, -0.25) is 0 Å². The topological polar surface area (TPSA) is 68.2 Å². The van der Waals surface area contributed by atoms with Gasteiger partial charge in [0.2, 0.25) is 0 Å². The van der Waals surface area contributed by atoms with Crippen LogP contribution < -0.4 is 0 Å². The molecule has 3 unspecified atom stereocenters. The molecule has 0 radical (unpaired) electrons. The van der Waals surface area contributed by atoms with E-state index >= 15 is 0 Å². The second kappa shape index (κ2) is 8.86. The van der Waals surface area contributed by atoms with Gasteiger partial charge < -0.3 is 24.4 Å². The van der Waals surface area contributed by atoms with Crippen molar-refractivity contribution in [2.24, 2.45) is 0 Å². The van der Waals surface area contributed by atoms with Crippen molar-refractivity contribution in [1.29, 1.82) is 0 Å². The van der Waals surface area contributed by atoms with Crippen LogP contribution in [-0.2, 0) is 14.2 Å². The van der Waals surface area contributed by atoms with Crippen LogP contribution in [0.25, 0.3) is 0 Å². The quantitative estimate of drug-likeness (QED) is 0.760. The lowest BCUT2D eigenvalue weighted by molar-refractivity contribution is -0.188. The van der Waals surface area contributed by atoms with Crippen LogP contribution in [-0.4, -0.2) is 53.6 Å². The molecule has 5 heteroatoms. The molecular formula is C16H30O5. The number of aliphatic hydroxyl groups excluding tert-OH is 2. The van der Waals surface area contributed by atoms with Crippen molar-refractivity contribution in [3.8, 4) is 0 Å². The SMILES string of the molecule is C=CC.CCCC1(CC)OC2[C@H](O1)C(CCO)OC[C@@H]2O. The first-order valence-corrected chi connectivity index (χ1v) is 7.90. The highest BCUT2D eigenvalue weighted by Gasteiger charge is 2.53. The molecule has 0 spiro atoms. The minimum atomic E-state index is -0.643. The summed E-state index contributed by atoms with van der Waals surface area (Å²) in [6.07, 6.45) is 3.37. The van der Waals surface area contributed by atoms with E-state index in [1.54, 1.807) is 6.08 Å². The maximum atomic E-state index is 9.97. The lowest BCUT2D eigenvalue weighted by atomic mass is 9.98. The lowest BCUT2D eigenvalue weighted by Gasteiger charge is -2.34. The highest BCUT2D eigenvalue weighted by Crippen LogP contribution is 2.40. The highest BCUT2D eigenvalue weighted by molar-refractivity contribution is 4.96. The molecule has 124 valence electrons. The first-order chi connectivity index (χ1) is 10.1. The van der Waals surface area contributed by atoms with Crippen molar-refractivity contribution in [2.75, 3.05) is 13.2 Å². The van der Waals surface area contributed by atoms with E-state index in [1.165, 1.54) is 0 Å². The standard InChI is InChI=1S/C13H24O5.C3H6/c1-3-6-13(4-2)17-11-9(15)8-16-10(5-7-14)12(11)18-13;1-3-2/h9-12,14-15H,3-8H2,1-2H3;3H,1H2,2H3/t9-,10?,11?,12+,13?;/m0./s1. The van der Waals surface area contributed by atoms with Gasteiger partial charge in [-0.15, -0.1) is 6.58 Å². The van der Waals surface area contributed by atoms with E-state index in [4.69, 9.17) is 19.3 Å².